The molecule has 1 aliphatic rings. The van der Waals surface area contributed by atoms with Gasteiger partial charge < -0.3 is 5.32 Å². The first-order valence-electron chi connectivity index (χ1n) is 7.60. The number of hydrogen-bond donors (Lipinski definition) is 1. The summed E-state index contributed by atoms with van der Waals surface area (Å²) >= 11 is 0. The van der Waals surface area contributed by atoms with E-state index in [-0.39, 0.29) is 28.4 Å². The van der Waals surface area contributed by atoms with Crippen LogP contribution >= 0.6 is 0 Å². The summed E-state index contributed by atoms with van der Waals surface area (Å²) in [7, 11) is -3.52. The van der Waals surface area contributed by atoms with Gasteiger partial charge in [0.1, 0.15) is 6.54 Å². The van der Waals surface area contributed by atoms with Gasteiger partial charge in [-0.1, -0.05) is 0 Å². The molecule has 0 bridgehead atoms. The third-order valence-corrected chi connectivity index (χ3v) is 5.08. The highest BCUT2D eigenvalue weighted by atomic mass is 32.2. The Balaban J connectivity index is 1.98. The molecule has 27 heavy (non-hydrogen) atoms. The number of nitrogens with zero attached hydrogens (tertiary/aromatic N) is 1. The molecule has 0 aromatic heterocycles. The van der Waals surface area contributed by atoms with Crippen molar-refractivity contribution in [3.63, 3.8) is 0 Å². The van der Waals surface area contributed by atoms with Crippen molar-refractivity contribution in [3.8, 4) is 0 Å². The maximum absolute atomic E-state index is 12.7. The van der Waals surface area contributed by atoms with Crippen molar-refractivity contribution in [2.75, 3.05) is 23.0 Å². The minimum atomic E-state index is -4.53. The number of anilines is 2. The van der Waals surface area contributed by atoms with Crippen LogP contribution in [0.4, 0.5) is 24.5 Å². The summed E-state index contributed by atoms with van der Waals surface area (Å²) in [5.74, 6) is -1.22. The standard InChI is InChI=1S/C17H13F3N2O4S/c1-27(25,26)12-6-7-14-13(8-12)21-15(23)9-22(14)16(24)10-2-4-11(5-3-10)17(18,19)20/h2-8H,9H2,1H3,(H,21,23). The number of sulfone groups is 1. The first-order valence-corrected chi connectivity index (χ1v) is 9.49. The Hall–Kier alpha value is -2.88. The Morgan fingerprint density at radius 2 is 1.74 bits per heavy atom. The van der Waals surface area contributed by atoms with Crippen molar-refractivity contribution in [1.29, 1.82) is 0 Å². The summed E-state index contributed by atoms with van der Waals surface area (Å²) in [5, 5.41) is 2.49. The van der Waals surface area contributed by atoms with Gasteiger partial charge in [-0.25, -0.2) is 8.42 Å². The van der Waals surface area contributed by atoms with E-state index in [0.29, 0.717) is 0 Å². The van der Waals surface area contributed by atoms with Gasteiger partial charge in [-0.3, -0.25) is 14.5 Å². The molecule has 0 aliphatic carbocycles. The monoisotopic (exact) mass is 398 g/mol. The molecule has 2 amide bonds. The fourth-order valence-electron chi connectivity index (χ4n) is 2.64. The summed E-state index contributed by atoms with van der Waals surface area (Å²) in [6.07, 6.45) is -3.52. The molecule has 0 unspecified atom stereocenters. The zero-order chi connectivity index (χ0) is 20.0. The Labute approximate surface area is 152 Å². The Bertz CT molecular complexity index is 1030. The largest absolute Gasteiger partial charge is 0.416 e. The number of carbonyl (C=O) groups excluding carboxylic acids is 2. The molecule has 1 N–H and O–H groups in total. The number of amides is 2. The highest BCUT2D eigenvalue weighted by molar-refractivity contribution is 7.90. The maximum Gasteiger partial charge on any atom is 0.416 e. The van der Waals surface area contributed by atoms with Crippen LogP contribution in [0.15, 0.2) is 47.4 Å². The van der Waals surface area contributed by atoms with Crippen molar-refractivity contribution in [2.45, 2.75) is 11.1 Å². The Kier molecular flexibility index (Phi) is 4.46. The van der Waals surface area contributed by atoms with Crippen LogP contribution in [-0.2, 0) is 20.8 Å². The van der Waals surface area contributed by atoms with Gasteiger partial charge in [0.2, 0.25) is 5.91 Å². The van der Waals surface area contributed by atoms with Crippen LogP contribution in [-0.4, -0.2) is 33.0 Å². The summed E-state index contributed by atoms with van der Waals surface area (Å²) in [6.45, 7) is -0.342. The summed E-state index contributed by atoms with van der Waals surface area (Å²) in [5.41, 5.74) is -0.536. The van der Waals surface area contributed by atoms with Crippen LogP contribution in [0.5, 0.6) is 0 Å². The SMILES string of the molecule is CS(=O)(=O)c1ccc2c(c1)NC(=O)CN2C(=O)c1ccc(C(F)(F)F)cc1. The number of alkyl halides is 3. The highest BCUT2D eigenvalue weighted by Crippen LogP contribution is 2.33. The second-order valence-corrected chi connectivity index (χ2v) is 7.98. The topological polar surface area (TPSA) is 83.6 Å². The molecule has 0 atom stereocenters. The number of rotatable bonds is 2. The van der Waals surface area contributed by atoms with Crippen LogP contribution in [0, 0.1) is 0 Å². The lowest BCUT2D eigenvalue weighted by Gasteiger charge is -2.29. The zero-order valence-corrected chi connectivity index (χ0v) is 14.7. The van der Waals surface area contributed by atoms with Crippen molar-refractivity contribution in [3.05, 3.63) is 53.6 Å². The molecule has 0 radical (unpaired) electrons. The zero-order valence-electron chi connectivity index (χ0n) is 13.9. The van der Waals surface area contributed by atoms with Gasteiger partial charge in [-0.2, -0.15) is 13.2 Å². The first-order chi connectivity index (χ1) is 12.5. The van der Waals surface area contributed by atoms with E-state index in [9.17, 15) is 31.2 Å². The first kappa shape index (κ1) is 18.9. The third-order valence-electron chi connectivity index (χ3n) is 3.97. The highest BCUT2D eigenvalue weighted by Gasteiger charge is 2.32. The molecular formula is C17H13F3N2O4S. The van der Waals surface area contributed by atoms with Crippen molar-refractivity contribution >= 4 is 33.0 Å². The number of nitrogens with one attached hydrogen (secondary N) is 1. The predicted octanol–water partition coefficient (Wildman–Crippen LogP) is 2.71. The van der Waals surface area contributed by atoms with Gasteiger partial charge in [0, 0.05) is 11.8 Å². The van der Waals surface area contributed by atoms with Crippen molar-refractivity contribution in [2.24, 2.45) is 0 Å². The molecule has 0 fully saturated rings. The van der Waals surface area contributed by atoms with E-state index in [2.05, 4.69) is 5.32 Å². The second kappa shape index (κ2) is 6.38. The van der Waals surface area contributed by atoms with Gasteiger partial charge in [0.25, 0.3) is 5.91 Å². The number of halogens is 3. The Morgan fingerprint density at radius 3 is 2.30 bits per heavy atom. The van der Waals surface area contributed by atoms with Gasteiger partial charge in [-0.05, 0) is 42.5 Å². The lowest BCUT2D eigenvalue weighted by Crippen LogP contribution is -2.42. The van der Waals surface area contributed by atoms with Crippen molar-refractivity contribution < 1.29 is 31.2 Å². The molecule has 0 saturated heterocycles. The van der Waals surface area contributed by atoms with E-state index in [1.807, 2.05) is 0 Å². The van der Waals surface area contributed by atoms with Crippen LogP contribution < -0.4 is 10.2 Å². The van der Waals surface area contributed by atoms with E-state index < -0.39 is 33.4 Å². The number of fused-ring (bicyclic) bond motifs is 1. The summed E-state index contributed by atoms with van der Waals surface area (Å²) in [4.78, 5) is 25.7. The Morgan fingerprint density at radius 1 is 1.11 bits per heavy atom. The molecule has 2 aromatic carbocycles. The van der Waals surface area contributed by atoms with Gasteiger partial charge >= 0.3 is 6.18 Å². The van der Waals surface area contributed by atoms with E-state index in [1.165, 1.54) is 18.2 Å². The lowest BCUT2D eigenvalue weighted by molar-refractivity contribution is -0.137. The van der Waals surface area contributed by atoms with Crippen LogP contribution in [0.2, 0.25) is 0 Å². The summed E-state index contributed by atoms with van der Waals surface area (Å²) in [6, 6.07) is 7.51. The minimum absolute atomic E-state index is 0.0316. The van der Waals surface area contributed by atoms with Gasteiger partial charge in [-0.15, -0.1) is 0 Å². The normalized spacial score (nSPS) is 14.5. The smallest absolute Gasteiger partial charge is 0.323 e. The quantitative estimate of drug-likeness (QED) is 0.843. The van der Waals surface area contributed by atoms with Crippen LogP contribution in [0.25, 0.3) is 0 Å². The number of carbonyl (C=O) groups is 2. The minimum Gasteiger partial charge on any atom is -0.323 e. The molecular weight excluding hydrogens is 385 g/mol. The lowest BCUT2D eigenvalue weighted by atomic mass is 10.1. The fourth-order valence-corrected chi connectivity index (χ4v) is 3.29. The summed E-state index contributed by atoms with van der Waals surface area (Å²) < 4.78 is 61.3. The van der Waals surface area contributed by atoms with Crippen LogP contribution in [0.3, 0.4) is 0 Å². The molecule has 6 nitrogen and oxygen atoms in total. The maximum atomic E-state index is 12.7. The molecule has 1 heterocycles. The van der Waals surface area contributed by atoms with E-state index in [0.717, 1.165) is 35.4 Å². The van der Waals surface area contributed by atoms with Gasteiger partial charge in [0.15, 0.2) is 9.84 Å². The molecule has 142 valence electrons. The molecule has 3 rings (SSSR count). The van der Waals surface area contributed by atoms with E-state index in [1.54, 1.807) is 0 Å². The third kappa shape index (κ3) is 3.80. The molecule has 1 aliphatic heterocycles. The number of hydrogen-bond acceptors (Lipinski definition) is 4. The molecule has 2 aromatic rings. The average molecular weight is 398 g/mol. The fraction of sp³-hybridized carbons (Fsp3) is 0.176. The van der Waals surface area contributed by atoms with E-state index in [4.69, 9.17) is 0 Å². The second-order valence-electron chi connectivity index (χ2n) is 5.97. The van der Waals surface area contributed by atoms with Crippen molar-refractivity contribution in [1.82, 2.24) is 0 Å². The molecule has 10 heteroatoms. The van der Waals surface area contributed by atoms with Gasteiger partial charge in [0.05, 0.1) is 21.8 Å². The molecule has 0 spiro atoms. The average Bonchev–Trinajstić information content (AvgIpc) is 2.58. The predicted molar refractivity (Wildman–Crippen MR) is 91.3 cm³/mol. The van der Waals surface area contributed by atoms with E-state index >= 15 is 0 Å². The molecule has 0 saturated carbocycles. The number of benzene rings is 2. The van der Waals surface area contributed by atoms with Crippen LogP contribution in [0.1, 0.15) is 15.9 Å².